The second kappa shape index (κ2) is 8.24. The number of methoxy groups -OCH3 is 1. The van der Waals surface area contributed by atoms with Gasteiger partial charge < -0.3 is 15.4 Å². The first-order valence-electron chi connectivity index (χ1n) is 7.17. The number of carbonyl (C=O) groups is 1. The summed E-state index contributed by atoms with van der Waals surface area (Å²) < 4.78 is 31.3. The Balaban J connectivity index is 1.74. The summed E-state index contributed by atoms with van der Waals surface area (Å²) in [4.78, 5) is 11.7. The van der Waals surface area contributed by atoms with Crippen LogP contribution in [0.25, 0.3) is 0 Å². The third-order valence-electron chi connectivity index (χ3n) is 3.22. The van der Waals surface area contributed by atoms with Crippen LogP contribution in [0.3, 0.4) is 0 Å². The summed E-state index contributed by atoms with van der Waals surface area (Å²) in [5.41, 5.74) is 1.05. The predicted molar refractivity (Wildman–Crippen MR) is 84.6 cm³/mol. The molecule has 0 heterocycles. The first-order valence-corrected chi connectivity index (χ1v) is 7.17. The number of carbonyl (C=O) groups excluding carboxylic acids is 1. The molecule has 0 unspecified atom stereocenters. The Bertz CT molecular complexity index is 677. The molecule has 2 aromatic rings. The van der Waals surface area contributed by atoms with E-state index in [4.69, 9.17) is 4.74 Å². The number of benzene rings is 2. The van der Waals surface area contributed by atoms with Crippen molar-refractivity contribution in [3.63, 3.8) is 0 Å². The Morgan fingerprint density at radius 1 is 1.17 bits per heavy atom. The van der Waals surface area contributed by atoms with E-state index in [-0.39, 0.29) is 18.1 Å². The van der Waals surface area contributed by atoms with Gasteiger partial charge in [0.2, 0.25) is 5.91 Å². The number of nitrogens with one attached hydrogen (secondary N) is 2. The summed E-state index contributed by atoms with van der Waals surface area (Å²) in [6.45, 7) is 0.632. The van der Waals surface area contributed by atoms with E-state index in [1.54, 1.807) is 7.11 Å². The molecule has 2 rings (SSSR count). The SMILES string of the molecule is COc1cccc(CCNCC(=O)Nc2ccc(F)cc2F)c1. The Hall–Kier alpha value is -2.47. The smallest absolute Gasteiger partial charge is 0.238 e. The van der Waals surface area contributed by atoms with Gasteiger partial charge in [-0.15, -0.1) is 0 Å². The van der Waals surface area contributed by atoms with Crippen LogP contribution >= 0.6 is 0 Å². The number of rotatable bonds is 7. The third kappa shape index (κ3) is 5.34. The third-order valence-corrected chi connectivity index (χ3v) is 3.22. The first-order chi connectivity index (χ1) is 11.1. The molecule has 2 aromatic carbocycles. The summed E-state index contributed by atoms with van der Waals surface area (Å²) in [6, 6.07) is 10.7. The summed E-state index contributed by atoms with van der Waals surface area (Å²) in [5, 5.41) is 5.36. The number of amides is 1. The van der Waals surface area contributed by atoms with Gasteiger partial charge in [-0.3, -0.25) is 4.79 Å². The van der Waals surface area contributed by atoms with Gasteiger partial charge in [0.05, 0.1) is 19.3 Å². The fourth-order valence-electron chi connectivity index (χ4n) is 2.05. The van der Waals surface area contributed by atoms with Crippen LogP contribution in [0.4, 0.5) is 14.5 Å². The van der Waals surface area contributed by atoms with Crippen LogP contribution in [-0.2, 0) is 11.2 Å². The van der Waals surface area contributed by atoms with Crippen LogP contribution in [-0.4, -0.2) is 26.1 Å². The van der Waals surface area contributed by atoms with Crippen LogP contribution < -0.4 is 15.4 Å². The zero-order valence-corrected chi connectivity index (χ0v) is 12.7. The molecule has 6 heteroatoms. The molecule has 0 aromatic heterocycles. The highest BCUT2D eigenvalue weighted by Gasteiger charge is 2.07. The van der Waals surface area contributed by atoms with Crippen LogP contribution in [0.2, 0.25) is 0 Å². The maximum Gasteiger partial charge on any atom is 0.238 e. The standard InChI is InChI=1S/C17H18F2N2O2/c1-23-14-4-2-3-12(9-14)7-8-20-11-17(22)21-16-6-5-13(18)10-15(16)19/h2-6,9-10,20H,7-8,11H2,1H3,(H,21,22). The zero-order chi connectivity index (χ0) is 16.7. The van der Waals surface area contributed by atoms with Crippen LogP contribution in [0.1, 0.15) is 5.56 Å². The lowest BCUT2D eigenvalue weighted by atomic mass is 10.1. The van der Waals surface area contributed by atoms with Gasteiger partial charge in [-0.25, -0.2) is 8.78 Å². The quantitative estimate of drug-likeness (QED) is 0.771. The molecule has 1 amide bonds. The minimum atomic E-state index is -0.797. The molecule has 0 atom stereocenters. The second-order valence-electron chi connectivity index (χ2n) is 4.95. The zero-order valence-electron chi connectivity index (χ0n) is 12.7. The van der Waals surface area contributed by atoms with Crippen molar-refractivity contribution in [1.82, 2.24) is 5.32 Å². The number of hydrogen-bond donors (Lipinski definition) is 2. The molecule has 0 radical (unpaired) electrons. The van der Waals surface area contributed by atoms with E-state index in [9.17, 15) is 13.6 Å². The monoisotopic (exact) mass is 320 g/mol. The molecule has 2 N–H and O–H groups in total. The van der Waals surface area contributed by atoms with Gasteiger partial charge >= 0.3 is 0 Å². The van der Waals surface area contributed by atoms with E-state index in [2.05, 4.69) is 10.6 Å². The van der Waals surface area contributed by atoms with Gasteiger partial charge in [0.25, 0.3) is 0 Å². The summed E-state index contributed by atoms with van der Waals surface area (Å²) in [5.74, 6) is -1.08. The number of hydrogen-bond acceptors (Lipinski definition) is 3. The fourth-order valence-corrected chi connectivity index (χ4v) is 2.05. The molecule has 4 nitrogen and oxygen atoms in total. The van der Waals surface area contributed by atoms with E-state index in [0.29, 0.717) is 6.54 Å². The van der Waals surface area contributed by atoms with Gasteiger partial charge in [0.15, 0.2) is 0 Å². The molecule has 0 fully saturated rings. The minimum Gasteiger partial charge on any atom is -0.497 e. The van der Waals surface area contributed by atoms with Crippen molar-refractivity contribution in [2.24, 2.45) is 0 Å². The van der Waals surface area contributed by atoms with Crippen molar-refractivity contribution >= 4 is 11.6 Å². The topological polar surface area (TPSA) is 50.4 Å². The van der Waals surface area contributed by atoms with Crippen LogP contribution in [0.15, 0.2) is 42.5 Å². The van der Waals surface area contributed by atoms with Gasteiger partial charge in [-0.05, 0) is 42.8 Å². The summed E-state index contributed by atoms with van der Waals surface area (Å²) >= 11 is 0. The Kier molecular flexibility index (Phi) is 6.05. The summed E-state index contributed by atoms with van der Waals surface area (Å²) in [7, 11) is 1.61. The molecule has 0 saturated carbocycles. The van der Waals surface area contributed by atoms with Crippen LogP contribution in [0.5, 0.6) is 5.75 Å². The van der Waals surface area contributed by atoms with E-state index >= 15 is 0 Å². The van der Waals surface area contributed by atoms with Gasteiger partial charge in [-0.1, -0.05) is 12.1 Å². The van der Waals surface area contributed by atoms with Gasteiger partial charge in [-0.2, -0.15) is 0 Å². The number of ether oxygens (including phenoxy) is 1. The molecule has 0 aliphatic rings. The minimum absolute atomic E-state index is 0.0361. The van der Waals surface area contributed by atoms with E-state index in [0.717, 1.165) is 29.9 Å². The Labute approximate surface area is 133 Å². The highest BCUT2D eigenvalue weighted by Crippen LogP contribution is 2.14. The van der Waals surface area contributed by atoms with Crippen molar-refractivity contribution < 1.29 is 18.3 Å². The Morgan fingerprint density at radius 3 is 2.74 bits per heavy atom. The van der Waals surface area contributed by atoms with Crippen molar-refractivity contribution in [1.29, 1.82) is 0 Å². The molecule has 0 aliphatic carbocycles. The molecule has 0 aliphatic heterocycles. The lowest BCUT2D eigenvalue weighted by molar-refractivity contribution is -0.115. The normalized spacial score (nSPS) is 10.4. The van der Waals surface area contributed by atoms with E-state index in [1.807, 2.05) is 24.3 Å². The first kappa shape index (κ1) is 16.9. The van der Waals surface area contributed by atoms with E-state index < -0.39 is 11.6 Å². The van der Waals surface area contributed by atoms with Crippen molar-refractivity contribution in [3.05, 3.63) is 59.7 Å². The van der Waals surface area contributed by atoms with Gasteiger partial charge in [0, 0.05) is 6.07 Å². The molecular formula is C17H18F2N2O2. The maximum atomic E-state index is 13.4. The van der Waals surface area contributed by atoms with Crippen LogP contribution in [0, 0.1) is 11.6 Å². The molecule has 0 saturated heterocycles. The largest absolute Gasteiger partial charge is 0.497 e. The lowest BCUT2D eigenvalue weighted by Crippen LogP contribution is -2.29. The number of anilines is 1. The molecule has 23 heavy (non-hydrogen) atoms. The highest BCUT2D eigenvalue weighted by atomic mass is 19.1. The lowest BCUT2D eigenvalue weighted by Gasteiger charge is -2.08. The molecule has 0 bridgehead atoms. The van der Waals surface area contributed by atoms with Crippen molar-refractivity contribution in [2.45, 2.75) is 6.42 Å². The molecule has 122 valence electrons. The van der Waals surface area contributed by atoms with Gasteiger partial charge in [0.1, 0.15) is 17.4 Å². The Morgan fingerprint density at radius 2 is 2.00 bits per heavy atom. The average molecular weight is 320 g/mol. The molecular weight excluding hydrogens is 302 g/mol. The molecule has 0 spiro atoms. The van der Waals surface area contributed by atoms with Crippen molar-refractivity contribution in [3.8, 4) is 5.75 Å². The second-order valence-corrected chi connectivity index (χ2v) is 4.95. The fraction of sp³-hybridized carbons (Fsp3) is 0.235. The summed E-state index contributed by atoms with van der Waals surface area (Å²) in [6.07, 6.45) is 0.732. The maximum absolute atomic E-state index is 13.4. The average Bonchev–Trinajstić information content (AvgIpc) is 2.54. The number of halogens is 2. The van der Waals surface area contributed by atoms with E-state index in [1.165, 1.54) is 6.07 Å². The predicted octanol–water partition coefficient (Wildman–Crippen LogP) is 2.74. The highest BCUT2D eigenvalue weighted by molar-refractivity contribution is 5.92. The van der Waals surface area contributed by atoms with Crippen molar-refractivity contribution in [2.75, 3.05) is 25.5 Å².